The van der Waals surface area contributed by atoms with Gasteiger partial charge in [0.25, 0.3) is 11.7 Å². The summed E-state index contributed by atoms with van der Waals surface area (Å²) in [6.07, 6.45) is 1.48. The lowest BCUT2D eigenvalue weighted by Gasteiger charge is -2.25. The monoisotopic (exact) mass is 417 g/mol. The molecule has 1 saturated heterocycles. The number of hydrogen-bond donors (Lipinski definition) is 1. The number of ether oxygens (including phenoxy) is 1. The number of rotatable bonds is 4. The van der Waals surface area contributed by atoms with Crippen molar-refractivity contribution in [3.8, 4) is 5.75 Å². The van der Waals surface area contributed by atoms with Gasteiger partial charge in [0.1, 0.15) is 23.3 Å². The molecule has 0 saturated carbocycles. The van der Waals surface area contributed by atoms with Crippen LogP contribution in [0.1, 0.15) is 34.1 Å². The Morgan fingerprint density at radius 1 is 1.03 bits per heavy atom. The third kappa shape index (κ3) is 3.40. The highest BCUT2D eigenvalue weighted by Gasteiger charge is 2.48. The zero-order chi connectivity index (χ0) is 22.3. The number of hydrogen-bond acceptors (Lipinski definition) is 5. The summed E-state index contributed by atoms with van der Waals surface area (Å²) in [5.74, 6) is -0.675. The van der Waals surface area contributed by atoms with E-state index in [-0.39, 0.29) is 11.3 Å². The van der Waals surface area contributed by atoms with Gasteiger partial charge in [0, 0.05) is 11.3 Å². The lowest BCUT2D eigenvalue weighted by atomic mass is 9.96. The van der Waals surface area contributed by atoms with Crippen molar-refractivity contribution in [3.63, 3.8) is 0 Å². The van der Waals surface area contributed by atoms with Crippen molar-refractivity contribution >= 4 is 23.1 Å². The Labute approximate surface area is 180 Å². The van der Waals surface area contributed by atoms with Crippen LogP contribution in [0.2, 0.25) is 0 Å². The molecule has 0 radical (unpaired) electrons. The summed E-state index contributed by atoms with van der Waals surface area (Å²) in [4.78, 5) is 27.8. The van der Waals surface area contributed by atoms with E-state index in [4.69, 9.17) is 9.15 Å². The average Bonchev–Trinajstić information content (AvgIpc) is 3.36. The van der Waals surface area contributed by atoms with Gasteiger partial charge in [-0.15, -0.1) is 0 Å². The molecule has 1 aliphatic heterocycles. The summed E-state index contributed by atoms with van der Waals surface area (Å²) in [6, 6.07) is 13.3. The lowest BCUT2D eigenvalue weighted by molar-refractivity contribution is -0.132. The van der Waals surface area contributed by atoms with Crippen LogP contribution in [0.3, 0.4) is 0 Å². The molecule has 1 aliphatic rings. The minimum absolute atomic E-state index is 0.00544. The molecule has 6 nitrogen and oxygen atoms in total. The molecule has 0 aliphatic carbocycles. The van der Waals surface area contributed by atoms with Crippen LogP contribution in [-0.4, -0.2) is 23.9 Å². The lowest BCUT2D eigenvalue weighted by Crippen LogP contribution is -2.30. The molecular weight excluding hydrogens is 394 g/mol. The third-order valence-corrected chi connectivity index (χ3v) is 5.57. The molecule has 0 spiro atoms. The number of furan rings is 1. The summed E-state index contributed by atoms with van der Waals surface area (Å²) in [5.41, 5.74) is 3.56. The molecule has 2 heterocycles. The second-order valence-corrected chi connectivity index (χ2v) is 7.66. The van der Waals surface area contributed by atoms with Gasteiger partial charge in [-0.1, -0.05) is 12.1 Å². The zero-order valence-corrected chi connectivity index (χ0v) is 17.8. The number of carbonyl (C=O) groups is 2. The maximum atomic E-state index is 13.2. The summed E-state index contributed by atoms with van der Waals surface area (Å²) < 4.78 is 10.8. The van der Waals surface area contributed by atoms with Crippen molar-refractivity contribution in [1.82, 2.24) is 0 Å². The van der Waals surface area contributed by atoms with Crippen molar-refractivity contribution < 1.29 is 23.8 Å². The molecule has 1 aromatic heterocycles. The van der Waals surface area contributed by atoms with Crippen molar-refractivity contribution in [2.75, 3.05) is 12.0 Å². The smallest absolute Gasteiger partial charge is 0.300 e. The van der Waals surface area contributed by atoms with Crippen LogP contribution < -0.4 is 9.64 Å². The molecule has 158 valence electrons. The largest absolute Gasteiger partial charge is 0.507 e. The molecule has 31 heavy (non-hydrogen) atoms. The molecule has 1 unspecified atom stereocenters. The van der Waals surface area contributed by atoms with E-state index in [9.17, 15) is 14.7 Å². The van der Waals surface area contributed by atoms with E-state index >= 15 is 0 Å². The summed E-state index contributed by atoms with van der Waals surface area (Å²) in [6.45, 7) is 5.60. The fourth-order valence-electron chi connectivity index (χ4n) is 3.95. The molecule has 2 aromatic carbocycles. The van der Waals surface area contributed by atoms with E-state index in [1.807, 2.05) is 32.0 Å². The molecule has 6 heteroatoms. The maximum Gasteiger partial charge on any atom is 0.300 e. The SMILES string of the molecule is COc1ccc(/C(O)=C2/C(=O)C(=O)N(c3cc(C)ccc3C)C2c2ccco2)c(C)c1. The van der Waals surface area contributed by atoms with Gasteiger partial charge in [-0.05, 0) is 73.9 Å². The number of anilines is 1. The zero-order valence-electron chi connectivity index (χ0n) is 17.8. The highest BCUT2D eigenvalue weighted by molar-refractivity contribution is 6.51. The summed E-state index contributed by atoms with van der Waals surface area (Å²) >= 11 is 0. The molecule has 4 rings (SSSR count). The quantitative estimate of drug-likeness (QED) is 0.373. The van der Waals surface area contributed by atoms with Crippen molar-refractivity contribution in [1.29, 1.82) is 0 Å². The highest BCUT2D eigenvalue weighted by Crippen LogP contribution is 2.43. The molecule has 1 atom stereocenters. The first-order valence-corrected chi connectivity index (χ1v) is 9.90. The van der Waals surface area contributed by atoms with Gasteiger partial charge >= 0.3 is 0 Å². The Kier molecular flexibility index (Phi) is 5.15. The van der Waals surface area contributed by atoms with Gasteiger partial charge in [0.2, 0.25) is 0 Å². The standard InChI is InChI=1S/C25H23NO5/c1-14-7-8-15(2)19(12-14)26-22(20-6-5-11-31-20)21(24(28)25(26)29)23(27)18-10-9-17(30-4)13-16(18)3/h5-13,22,27H,1-4H3/b23-21-. The molecular formula is C25H23NO5. The number of aliphatic hydroxyl groups excluding tert-OH is 1. The normalized spacial score (nSPS) is 17.9. The van der Waals surface area contributed by atoms with E-state index in [1.54, 1.807) is 44.4 Å². The summed E-state index contributed by atoms with van der Waals surface area (Å²) in [5, 5.41) is 11.2. The average molecular weight is 417 g/mol. The van der Waals surface area contributed by atoms with Gasteiger partial charge in [0.05, 0.1) is 18.9 Å². The fourth-order valence-corrected chi connectivity index (χ4v) is 3.95. The predicted molar refractivity (Wildman–Crippen MR) is 117 cm³/mol. The Balaban J connectivity index is 1.95. The van der Waals surface area contributed by atoms with Gasteiger partial charge in [-0.25, -0.2) is 0 Å². The van der Waals surface area contributed by atoms with E-state index in [2.05, 4.69) is 0 Å². The number of aliphatic hydroxyl groups is 1. The van der Waals surface area contributed by atoms with E-state index in [1.165, 1.54) is 11.2 Å². The van der Waals surface area contributed by atoms with Gasteiger partial charge < -0.3 is 14.3 Å². The molecule has 1 N–H and O–H groups in total. The third-order valence-electron chi connectivity index (χ3n) is 5.57. The van der Waals surface area contributed by atoms with Crippen molar-refractivity contribution in [2.45, 2.75) is 26.8 Å². The van der Waals surface area contributed by atoms with Crippen molar-refractivity contribution in [2.24, 2.45) is 0 Å². The number of nitrogens with zero attached hydrogens (tertiary/aromatic N) is 1. The first-order valence-electron chi connectivity index (χ1n) is 9.90. The Hall–Kier alpha value is -3.80. The van der Waals surface area contributed by atoms with Crippen LogP contribution in [-0.2, 0) is 9.59 Å². The molecule has 0 bridgehead atoms. The topological polar surface area (TPSA) is 80.0 Å². The first kappa shape index (κ1) is 20.5. The van der Waals surface area contributed by atoms with Crippen LogP contribution in [0.25, 0.3) is 5.76 Å². The van der Waals surface area contributed by atoms with Crippen LogP contribution in [0, 0.1) is 20.8 Å². The van der Waals surface area contributed by atoms with Gasteiger partial charge in [0.15, 0.2) is 0 Å². The summed E-state index contributed by atoms with van der Waals surface area (Å²) in [7, 11) is 1.56. The van der Waals surface area contributed by atoms with Crippen LogP contribution in [0.4, 0.5) is 5.69 Å². The van der Waals surface area contributed by atoms with Crippen LogP contribution in [0.5, 0.6) is 5.75 Å². The Morgan fingerprint density at radius 3 is 2.45 bits per heavy atom. The maximum absolute atomic E-state index is 13.2. The van der Waals surface area contributed by atoms with Crippen LogP contribution >= 0.6 is 0 Å². The fraction of sp³-hybridized carbons (Fsp3) is 0.200. The minimum Gasteiger partial charge on any atom is -0.507 e. The van der Waals surface area contributed by atoms with Crippen LogP contribution in [0.15, 0.2) is 64.8 Å². The van der Waals surface area contributed by atoms with Gasteiger partial charge in [-0.3, -0.25) is 14.5 Å². The number of amides is 1. The number of ketones is 1. The van der Waals surface area contributed by atoms with Gasteiger partial charge in [-0.2, -0.15) is 0 Å². The number of carbonyl (C=O) groups excluding carboxylic acids is 2. The Morgan fingerprint density at radius 2 is 1.81 bits per heavy atom. The Bertz CT molecular complexity index is 1210. The van der Waals surface area contributed by atoms with E-state index in [0.717, 1.165) is 11.1 Å². The molecule has 1 fully saturated rings. The number of aryl methyl sites for hydroxylation is 3. The minimum atomic E-state index is -0.878. The molecule has 3 aromatic rings. The predicted octanol–water partition coefficient (Wildman–Crippen LogP) is 4.84. The first-order chi connectivity index (χ1) is 14.8. The van der Waals surface area contributed by atoms with E-state index < -0.39 is 17.7 Å². The number of Topliss-reactive ketones (excluding diaryl/α,β-unsaturated/α-hetero) is 1. The number of methoxy groups -OCH3 is 1. The second-order valence-electron chi connectivity index (χ2n) is 7.66. The highest BCUT2D eigenvalue weighted by atomic mass is 16.5. The van der Waals surface area contributed by atoms with E-state index in [0.29, 0.717) is 28.3 Å². The number of benzene rings is 2. The van der Waals surface area contributed by atoms with Crippen molar-refractivity contribution in [3.05, 3.63) is 88.4 Å². The second kappa shape index (κ2) is 7.80. The molecule has 1 amide bonds.